The van der Waals surface area contributed by atoms with Gasteiger partial charge in [0.15, 0.2) is 0 Å². The molecular weight excluding hydrogens is 328 g/mol. The molecule has 0 saturated carbocycles. The lowest BCUT2D eigenvalue weighted by Gasteiger charge is -2.13. The first-order valence-corrected chi connectivity index (χ1v) is 8.91. The molecule has 3 aromatic rings. The molecular formula is C23H21ClO. The summed E-state index contributed by atoms with van der Waals surface area (Å²) < 4.78 is 5.69. The smallest absolute Gasteiger partial charge is 0.119 e. The highest BCUT2D eigenvalue weighted by atomic mass is 35.5. The van der Waals surface area contributed by atoms with E-state index in [1.807, 2.05) is 60.7 Å². The molecule has 0 spiro atoms. The molecule has 3 aromatic carbocycles. The first-order valence-electron chi connectivity index (χ1n) is 8.53. The van der Waals surface area contributed by atoms with Gasteiger partial charge in [-0.2, -0.15) is 0 Å². The van der Waals surface area contributed by atoms with Crippen LogP contribution in [0.5, 0.6) is 5.75 Å². The lowest BCUT2D eigenvalue weighted by Crippen LogP contribution is -1.96. The topological polar surface area (TPSA) is 9.23 Å². The van der Waals surface area contributed by atoms with Gasteiger partial charge in [-0.15, -0.1) is 0 Å². The van der Waals surface area contributed by atoms with Gasteiger partial charge >= 0.3 is 0 Å². The Labute approximate surface area is 154 Å². The molecule has 0 aromatic heterocycles. The monoisotopic (exact) mass is 348 g/mol. The summed E-state index contributed by atoms with van der Waals surface area (Å²) in [5.74, 6) is 0.883. The fraction of sp³-hybridized carbons (Fsp3) is 0.130. The van der Waals surface area contributed by atoms with Crippen molar-refractivity contribution in [3.8, 4) is 5.75 Å². The van der Waals surface area contributed by atoms with Gasteiger partial charge in [-0.1, -0.05) is 91.3 Å². The largest absolute Gasteiger partial charge is 0.494 e. The van der Waals surface area contributed by atoms with Crippen LogP contribution in [-0.4, -0.2) is 6.61 Å². The number of rotatable bonds is 6. The molecule has 1 nitrogen and oxygen atoms in total. The molecule has 0 aliphatic heterocycles. The number of halogens is 1. The Balaban J connectivity index is 2.06. The third-order valence-corrected chi connectivity index (χ3v) is 4.33. The van der Waals surface area contributed by atoms with E-state index >= 15 is 0 Å². The second-order valence-electron chi connectivity index (χ2n) is 5.79. The average molecular weight is 349 g/mol. The molecule has 126 valence electrons. The van der Waals surface area contributed by atoms with Gasteiger partial charge in [-0.05, 0) is 35.2 Å². The van der Waals surface area contributed by atoms with Crippen LogP contribution in [0.2, 0.25) is 0 Å². The van der Waals surface area contributed by atoms with E-state index in [1.165, 1.54) is 0 Å². The highest BCUT2D eigenvalue weighted by Crippen LogP contribution is 2.35. The molecule has 0 atom stereocenters. The summed E-state index contributed by atoms with van der Waals surface area (Å²) in [7, 11) is 0. The number of benzene rings is 3. The summed E-state index contributed by atoms with van der Waals surface area (Å²) in [5.41, 5.74) is 4.20. The quantitative estimate of drug-likeness (QED) is 0.454. The predicted molar refractivity (Wildman–Crippen MR) is 107 cm³/mol. The van der Waals surface area contributed by atoms with E-state index in [0.29, 0.717) is 0 Å². The highest BCUT2D eigenvalue weighted by molar-refractivity contribution is 6.53. The minimum Gasteiger partial charge on any atom is -0.494 e. The molecule has 2 heteroatoms. The summed E-state index contributed by atoms with van der Waals surface area (Å²) in [6.07, 6.45) is 0.997. The Bertz CT molecular complexity index is 821. The van der Waals surface area contributed by atoms with Gasteiger partial charge in [0.05, 0.1) is 11.6 Å². The van der Waals surface area contributed by atoms with Gasteiger partial charge in [0.2, 0.25) is 0 Å². The minimum atomic E-state index is 0.728. The van der Waals surface area contributed by atoms with Gasteiger partial charge in [-0.25, -0.2) is 0 Å². The standard InChI is InChI=1S/C23H21ClO/c1-2-17-25-21-15-13-19(14-16-21)22(18-9-5-3-6-10-18)23(24)20-11-7-4-8-12-20/h3-16H,2,17H2,1H3. The van der Waals surface area contributed by atoms with Crippen LogP contribution < -0.4 is 4.74 Å². The second kappa shape index (κ2) is 8.55. The molecule has 0 saturated heterocycles. The maximum Gasteiger partial charge on any atom is 0.119 e. The predicted octanol–water partition coefficient (Wildman–Crippen LogP) is 6.63. The van der Waals surface area contributed by atoms with Gasteiger partial charge in [0, 0.05) is 5.57 Å². The van der Waals surface area contributed by atoms with E-state index in [1.54, 1.807) is 0 Å². The third kappa shape index (κ3) is 4.32. The van der Waals surface area contributed by atoms with Crippen molar-refractivity contribution in [2.24, 2.45) is 0 Å². The van der Waals surface area contributed by atoms with E-state index in [-0.39, 0.29) is 0 Å². The van der Waals surface area contributed by atoms with Crippen molar-refractivity contribution in [1.82, 2.24) is 0 Å². The van der Waals surface area contributed by atoms with Crippen LogP contribution in [0.25, 0.3) is 10.6 Å². The summed E-state index contributed by atoms with van der Waals surface area (Å²) in [6, 6.07) is 28.5. The third-order valence-electron chi connectivity index (χ3n) is 3.93. The van der Waals surface area contributed by atoms with Crippen molar-refractivity contribution in [3.05, 3.63) is 102 Å². The van der Waals surface area contributed by atoms with Crippen molar-refractivity contribution in [3.63, 3.8) is 0 Å². The van der Waals surface area contributed by atoms with Crippen LogP contribution >= 0.6 is 11.6 Å². The average Bonchev–Trinajstić information content (AvgIpc) is 2.69. The van der Waals surface area contributed by atoms with Gasteiger partial charge in [0.25, 0.3) is 0 Å². The lowest BCUT2D eigenvalue weighted by molar-refractivity contribution is 0.317. The second-order valence-corrected chi connectivity index (χ2v) is 6.17. The fourth-order valence-corrected chi connectivity index (χ4v) is 3.04. The van der Waals surface area contributed by atoms with Crippen LogP contribution in [0, 0.1) is 0 Å². The molecule has 0 fully saturated rings. The van der Waals surface area contributed by atoms with Crippen molar-refractivity contribution in [1.29, 1.82) is 0 Å². The Hall–Kier alpha value is -2.51. The number of hydrogen-bond acceptors (Lipinski definition) is 1. The van der Waals surface area contributed by atoms with Crippen LogP contribution in [-0.2, 0) is 0 Å². The van der Waals surface area contributed by atoms with Crippen molar-refractivity contribution in [2.75, 3.05) is 6.61 Å². The normalized spacial score (nSPS) is 11.8. The van der Waals surface area contributed by atoms with Crippen molar-refractivity contribution in [2.45, 2.75) is 13.3 Å². The Morgan fingerprint density at radius 2 is 1.24 bits per heavy atom. The van der Waals surface area contributed by atoms with E-state index in [9.17, 15) is 0 Å². The van der Waals surface area contributed by atoms with E-state index in [2.05, 4.69) is 31.2 Å². The first kappa shape index (κ1) is 17.3. The van der Waals surface area contributed by atoms with Gasteiger partial charge in [-0.3, -0.25) is 0 Å². The molecule has 0 aliphatic rings. The Kier molecular flexibility index (Phi) is 5.92. The SMILES string of the molecule is CCCOc1ccc(C(=C(Cl)c2ccccc2)c2ccccc2)cc1. The molecule has 3 rings (SSSR count). The van der Waals surface area contributed by atoms with Crippen LogP contribution in [0.1, 0.15) is 30.0 Å². The van der Waals surface area contributed by atoms with E-state index in [4.69, 9.17) is 16.3 Å². The summed E-state index contributed by atoms with van der Waals surface area (Å²) >= 11 is 6.81. The Morgan fingerprint density at radius 1 is 0.720 bits per heavy atom. The zero-order chi connectivity index (χ0) is 17.5. The zero-order valence-electron chi connectivity index (χ0n) is 14.3. The summed E-state index contributed by atoms with van der Waals surface area (Å²) in [5, 5.41) is 0.744. The van der Waals surface area contributed by atoms with E-state index < -0.39 is 0 Å². The Morgan fingerprint density at radius 3 is 1.80 bits per heavy atom. The first-order chi connectivity index (χ1) is 12.3. The number of hydrogen-bond donors (Lipinski definition) is 0. The minimum absolute atomic E-state index is 0.728. The number of ether oxygens (including phenoxy) is 1. The van der Waals surface area contributed by atoms with Crippen LogP contribution in [0.4, 0.5) is 0 Å². The van der Waals surface area contributed by atoms with Gasteiger partial charge in [0.1, 0.15) is 5.75 Å². The van der Waals surface area contributed by atoms with Crippen LogP contribution in [0.3, 0.4) is 0 Å². The van der Waals surface area contributed by atoms with Crippen molar-refractivity contribution < 1.29 is 4.74 Å². The molecule has 0 unspecified atom stereocenters. The van der Waals surface area contributed by atoms with E-state index in [0.717, 1.165) is 46.1 Å². The molecule has 0 N–H and O–H groups in total. The maximum atomic E-state index is 6.81. The summed E-state index contributed by atoms with van der Waals surface area (Å²) in [6.45, 7) is 2.83. The molecule has 0 amide bonds. The lowest BCUT2D eigenvalue weighted by atomic mass is 9.95. The molecule has 0 aliphatic carbocycles. The zero-order valence-corrected chi connectivity index (χ0v) is 15.0. The summed E-state index contributed by atoms with van der Waals surface area (Å²) in [4.78, 5) is 0. The molecule has 0 radical (unpaired) electrons. The van der Waals surface area contributed by atoms with Gasteiger partial charge < -0.3 is 4.74 Å². The maximum absolute atomic E-state index is 6.81. The molecule has 0 bridgehead atoms. The van der Waals surface area contributed by atoms with Crippen LogP contribution in [0.15, 0.2) is 84.9 Å². The fourth-order valence-electron chi connectivity index (χ4n) is 2.69. The van der Waals surface area contributed by atoms with Crippen molar-refractivity contribution >= 4 is 22.2 Å². The molecule has 0 heterocycles. The molecule has 25 heavy (non-hydrogen) atoms. The highest BCUT2D eigenvalue weighted by Gasteiger charge is 2.12.